The van der Waals surface area contributed by atoms with E-state index in [0.29, 0.717) is 5.15 Å². The molecule has 4 nitrogen and oxygen atoms in total. The fourth-order valence-electron chi connectivity index (χ4n) is 1.17. The van der Waals surface area contributed by atoms with E-state index in [4.69, 9.17) is 11.6 Å². The molecule has 5 heteroatoms. The van der Waals surface area contributed by atoms with Gasteiger partial charge in [-0.2, -0.15) is 0 Å². The molecular formula is C9H9ClN4. The molecular weight excluding hydrogens is 200 g/mol. The largest absolute Gasteiger partial charge is 0.337 e. The molecule has 0 aromatic carbocycles. The van der Waals surface area contributed by atoms with Gasteiger partial charge in [0.15, 0.2) is 0 Å². The van der Waals surface area contributed by atoms with E-state index in [0.717, 1.165) is 18.7 Å². The second-order valence-corrected chi connectivity index (χ2v) is 3.27. The van der Waals surface area contributed by atoms with Crippen LogP contribution in [0.15, 0.2) is 31.1 Å². The van der Waals surface area contributed by atoms with E-state index in [1.165, 1.54) is 6.33 Å². The lowest BCUT2D eigenvalue weighted by Gasteiger charge is -2.01. The summed E-state index contributed by atoms with van der Waals surface area (Å²) in [7, 11) is 0. The van der Waals surface area contributed by atoms with E-state index in [2.05, 4.69) is 15.0 Å². The van der Waals surface area contributed by atoms with Crippen LogP contribution in [0.2, 0.25) is 5.15 Å². The van der Waals surface area contributed by atoms with Gasteiger partial charge in [0, 0.05) is 31.1 Å². The Hall–Kier alpha value is -1.42. The van der Waals surface area contributed by atoms with Gasteiger partial charge in [0.2, 0.25) is 0 Å². The highest BCUT2D eigenvalue weighted by Crippen LogP contribution is 2.05. The molecule has 0 aliphatic rings. The third kappa shape index (κ3) is 2.29. The summed E-state index contributed by atoms with van der Waals surface area (Å²) >= 11 is 5.74. The minimum Gasteiger partial charge on any atom is -0.337 e. The van der Waals surface area contributed by atoms with Gasteiger partial charge in [0.1, 0.15) is 11.5 Å². The number of halogens is 1. The van der Waals surface area contributed by atoms with E-state index in [1.807, 2.05) is 10.8 Å². The summed E-state index contributed by atoms with van der Waals surface area (Å²) in [5.74, 6) is 0. The van der Waals surface area contributed by atoms with Crippen molar-refractivity contribution >= 4 is 11.6 Å². The molecule has 2 rings (SSSR count). The van der Waals surface area contributed by atoms with Crippen molar-refractivity contribution in [1.82, 2.24) is 19.5 Å². The number of hydrogen-bond donors (Lipinski definition) is 0. The first kappa shape index (κ1) is 9.15. The van der Waals surface area contributed by atoms with Gasteiger partial charge in [-0.1, -0.05) is 11.6 Å². The SMILES string of the molecule is Clc1cc(CCn2ccnc2)ncn1. The molecule has 0 atom stereocenters. The van der Waals surface area contributed by atoms with E-state index >= 15 is 0 Å². The summed E-state index contributed by atoms with van der Waals surface area (Å²) in [5, 5.41) is 0.487. The van der Waals surface area contributed by atoms with Crippen LogP contribution in [-0.2, 0) is 13.0 Å². The van der Waals surface area contributed by atoms with Gasteiger partial charge in [-0.15, -0.1) is 0 Å². The molecule has 0 N–H and O–H groups in total. The molecule has 2 aromatic rings. The van der Waals surface area contributed by atoms with Gasteiger partial charge in [-0.3, -0.25) is 0 Å². The van der Waals surface area contributed by atoms with Crippen molar-refractivity contribution in [3.8, 4) is 0 Å². The molecule has 2 heterocycles. The van der Waals surface area contributed by atoms with Gasteiger partial charge < -0.3 is 4.57 Å². The first-order chi connectivity index (χ1) is 6.84. The van der Waals surface area contributed by atoms with Crippen LogP contribution in [0, 0.1) is 0 Å². The Labute approximate surface area is 86.6 Å². The summed E-state index contributed by atoms with van der Waals surface area (Å²) in [5.41, 5.74) is 0.943. The van der Waals surface area contributed by atoms with E-state index < -0.39 is 0 Å². The maximum absolute atomic E-state index is 5.74. The number of aryl methyl sites for hydroxylation is 2. The lowest BCUT2D eigenvalue weighted by molar-refractivity contribution is 0.683. The zero-order valence-electron chi connectivity index (χ0n) is 7.47. The Morgan fingerprint density at radius 1 is 1.36 bits per heavy atom. The second kappa shape index (κ2) is 4.19. The standard InChI is InChI=1S/C9H9ClN4/c10-9-5-8(12-6-13-9)1-3-14-4-2-11-7-14/h2,4-7H,1,3H2. The smallest absolute Gasteiger partial charge is 0.132 e. The van der Waals surface area contributed by atoms with Crippen LogP contribution in [0.5, 0.6) is 0 Å². The van der Waals surface area contributed by atoms with Crippen LogP contribution < -0.4 is 0 Å². The predicted molar refractivity (Wildman–Crippen MR) is 53.0 cm³/mol. The van der Waals surface area contributed by atoms with Crippen molar-refractivity contribution < 1.29 is 0 Å². The van der Waals surface area contributed by atoms with Crippen molar-refractivity contribution in [2.45, 2.75) is 13.0 Å². The monoisotopic (exact) mass is 208 g/mol. The molecule has 0 aliphatic heterocycles. The maximum Gasteiger partial charge on any atom is 0.132 e. The molecule has 2 aromatic heterocycles. The third-order valence-electron chi connectivity index (χ3n) is 1.88. The van der Waals surface area contributed by atoms with Gasteiger partial charge in [-0.25, -0.2) is 15.0 Å². The first-order valence-corrected chi connectivity index (χ1v) is 4.64. The van der Waals surface area contributed by atoms with Gasteiger partial charge in [0.25, 0.3) is 0 Å². The van der Waals surface area contributed by atoms with Crippen LogP contribution in [0.1, 0.15) is 5.69 Å². The summed E-state index contributed by atoms with van der Waals surface area (Å²) < 4.78 is 2.00. The maximum atomic E-state index is 5.74. The normalized spacial score (nSPS) is 10.4. The van der Waals surface area contributed by atoms with Crippen LogP contribution in [-0.4, -0.2) is 19.5 Å². The van der Waals surface area contributed by atoms with Crippen LogP contribution >= 0.6 is 11.6 Å². The zero-order chi connectivity index (χ0) is 9.80. The zero-order valence-corrected chi connectivity index (χ0v) is 8.22. The molecule has 0 fully saturated rings. The number of rotatable bonds is 3. The van der Waals surface area contributed by atoms with Crippen molar-refractivity contribution in [2.75, 3.05) is 0 Å². The molecule has 0 radical (unpaired) electrons. The lowest BCUT2D eigenvalue weighted by atomic mass is 10.3. The Bertz CT molecular complexity index is 399. The Morgan fingerprint density at radius 2 is 2.29 bits per heavy atom. The Kier molecular flexibility index (Phi) is 2.74. The molecule has 0 aliphatic carbocycles. The van der Waals surface area contributed by atoms with Crippen molar-refractivity contribution in [3.05, 3.63) is 42.0 Å². The molecule has 0 amide bonds. The van der Waals surface area contributed by atoms with Crippen LogP contribution in [0.4, 0.5) is 0 Å². The summed E-state index contributed by atoms with van der Waals surface area (Å²) in [4.78, 5) is 11.9. The van der Waals surface area contributed by atoms with Gasteiger partial charge >= 0.3 is 0 Å². The van der Waals surface area contributed by atoms with E-state index in [-0.39, 0.29) is 0 Å². The quantitative estimate of drug-likeness (QED) is 0.720. The highest BCUT2D eigenvalue weighted by molar-refractivity contribution is 6.29. The van der Waals surface area contributed by atoms with Crippen LogP contribution in [0.25, 0.3) is 0 Å². The second-order valence-electron chi connectivity index (χ2n) is 2.88. The van der Waals surface area contributed by atoms with Crippen molar-refractivity contribution in [1.29, 1.82) is 0 Å². The number of nitrogens with zero attached hydrogens (tertiary/aromatic N) is 4. The van der Waals surface area contributed by atoms with Gasteiger partial charge in [-0.05, 0) is 6.07 Å². The fourth-order valence-corrected chi connectivity index (χ4v) is 1.34. The topological polar surface area (TPSA) is 43.6 Å². The summed E-state index contributed by atoms with van der Waals surface area (Å²) in [6.07, 6.45) is 7.77. The molecule has 72 valence electrons. The fraction of sp³-hybridized carbons (Fsp3) is 0.222. The summed E-state index contributed by atoms with van der Waals surface area (Å²) in [6.45, 7) is 0.855. The molecule has 0 unspecified atom stereocenters. The number of hydrogen-bond acceptors (Lipinski definition) is 3. The number of imidazole rings is 1. The summed E-state index contributed by atoms with van der Waals surface area (Å²) in [6, 6.07) is 1.78. The van der Waals surface area contributed by atoms with Crippen molar-refractivity contribution in [3.63, 3.8) is 0 Å². The highest BCUT2D eigenvalue weighted by Gasteiger charge is 1.97. The Morgan fingerprint density at radius 3 is 3.00 bits per heavy atom. The average Bonchev–Trinajstić information content (AvgIpc) is 2.67. The van der Waals surface area contributed by atoms with Crippen LogP contribution in [0.3, 0.4) is 0 Å². The molecule has 0 saturated heterocycles. The third-order valence-corrected chi connectivity index (χ3v) is 2.08. The average molecular weight is 209 g/mol. The first-order valence-electron chi connectivity index (χ1n) is 4.27. The highest BCUT2D eigenvalue weighted by atomic mass is 35.5. The molecule has 0 bridgehead atoms. The number of aromatic nitrogens is 4. The van der Waals surface area contributed by atoms with E-state index in [9.17, 15) is 0 Å². The Balaban J connectivity index is 1.98. The lowest BCUT2D eigenvalue weighted by Crippen LogP contribution is -2.00. The van der Waals surface area contributed by atoms with Crippen molar-refractivity contribution in [2.24, 2.45) is 0 Å². The molecule has 0 spiro atoms. The van der Waals surface area contributed by atoms with Gasteiger partial charge in [0.05, 0.1) is 6.33 Å². The molecule has 0 saturated carbocycles. The predicted octanol–water partition coefficient (Wildman–Crippen LogP) is 1.57. The van der Waals surface area contributed by atoms with E-state index in [1.54, 1.807) is 18.6 Å². The minimum absolute atomic E-state index is 0.487. The minimum atomic E-state index is 0.487. The molecule has 14 heavy (non-hydrogen) atoms.